The molecule has 0 fully saturated rings. The summed E-state index contributed by atoms with van der Waals surface area (Å²) in [7, 11) is 1.79. The molecule has 7 nitrogen and oxygen atoms in total. The summed E-state index contributed by atoms with van der Waals surface area (Å²) in [4.78, 5) is 8.94. The Morgan fingerprint density at radius 1 is 1.23 bits per heavy atom. The summed E-state index contributed by atoms with van der Waals surface area (Å²) in [5.74, 6) is 1.83. The van der Waals surface area contributed by atoms with E-state index in [0.717, 1.165) is 56.2 Å². The molecule has 3 aromatic rings. The molecule has 0 radical (unpaired) electrons. The first-order valence-corrected chi connectivity index (χ1v) is 9.77. The summed E-state index contributed by atoms with van der Waals surface area (Å²) in [6.45, 7) is 4.55. The van der Waals surface area contributed by atoms with Crippen molar-refractivity contribution < 1.29 is 0 Å². The molecule has 138 valence electrons. The summed E-state index contributed by atoms with van der Waals surface area (Å²) in [6, 6.07) is 8.29. The van der Waals surface area contributed by atoms with Crippen molar-refractivity contribution in [1.29, 1.82) is 0 Å². The molecule has 0 bridgehead atoms. The van der Waals surface area contributed by atoms with E-state index in [9.17, 15) is 0 Å². The van der Waals surface area contributed by atoms with Crippen LogP contribution in [-0.2, 0) is 19.4 Å². The van der Waals surface area contributed by atoms with E-state index >= 15 is 0 Å². The second-order valence-electron chi connectivity index (χ2n) is 5.90. The lowest BCUT2D eigenvalue weighted by Crippen LogP contribution is -2.39. The zero-order valence-corrected chi connectivity index (χ0v) is 16.1. The van der Waals surface area contributed by atoms with Gasteiger partial charge in [0.05, 0.1) is 15.2 Å². The Bertz CT molecular complexity index is 819. The van der Waals surface area contributed by atoms with E-state index in [1.54, 1.807) is 24.7 Å². The molecule has 0 saturated carbocycles. The maximum Gasteiger partial charge on any atom is 0.191 e. The van der Waals surface area contributed by atoms with Crippen LogP contribution in [0.4, 0.5) is 0 Å². The lowest BCUT2D eigenvalue weighted by molar-refractivity contribution is 0.630. The Hall–Kier alpha value is -2.48. The number of guanidine groups is 1. The van der Waals surface area contributed by atoms with Crippen LogP contribution in [0.5, 0.6) is 0 Å². The molecule has 0 unspecified atom stereocenters. The molecule has 0 aliphatic rings. The molecule has 0 spiro atoms. The predicted octanol–water partition coefficient (Wildman–Crippen LogP) is 2.25. The van der Waals surface area contributed by atoms with Gasteiger partial charge in [0, 0.05) is 39.5 Å². The minimum atomic E-state index is 0.780. The van der Waals surface area contributed by atoms with Crippen LogP contribution in [0.1, 0.15) is 24.2 Å². The highest BCUT2D eigenvalue weighted by molar-refractivity contribution is 7.18. The van der Waals surface area contributed by atoms with Crippen LogP contribution in [0.3, 0.4) is 0 Å². The Labute approximate surface area is 157 Å². The molecule has 1 aromatic carbocycles. The third-order valence-corrected chi connectivity index (χ3v) is 5.17. The lowest BCUT2D eigenvalue weighted by atomic mass is 10.3. The summed E-state index contributed by atoms with van der Waals surface area (Å²) in [6.07, 6.45) is 4.66. The van der Waals surface area contributed by atoms with Crippen LogP contribution >= 0.6 is 11.3 Å². The molecule has 8 heteroatoms. The van der Waals surface area contributed by atoms with E-state index in [0.29, 0.717) is 0 Å². The van der Waals surface area contributed by atoms with Crippen molar-refractivity contribution in [2.75, 3.05) is 20.1 Å². The van der Waals surface area contributed by atoms with E-state index in [1.165, 1.54) is 9.71 Å². The van der Waals surface area contributed by atoms with Gasteiger partial charge in [0.2, 0.25) is 0 Å². The van der Waals surface area contributed by atoms with Gasteiger partial charge in [-0.15, -0.1) is 21.5 Å². The SMILES string of the molecule is CCc1nncn1CCNC(=NC)NCCCc1nc2ccccc2s1. The number of hydrogen-bond acceptors (Lipinski definition) is 5. The van der Waals surface area contributed by atoms with Crippen LogP contribution in [-0.4, -0.2) is 45.8 Å². The van der Waals surface area contributed by atoms with Gasteiger partial charge >= 0.3 is 0 Å². The molecular weight excluding hydrogens is 346 g/mol. The van der Waals surface area contributed by atoms with Crippen molar-refractivity contribution in [2.24, 2.45) is 4.99 Å². The molecule has 0 atom stereocenters. The standard InChI is InChI=1S/C18H25N7S/c1-3-16-24-22-13-25(16)12-11-21-18(19-2)20-10-6-9-17-23-14-7-4-5-8-15(14)26-17/h4-5,7-8,13H,3,6,9-12H2,1-2H3,(H2,19,20,21). The van der Waals surface area contributed by atoms with Crippen molar-refractivity contribution in [3.63, 3.8) is 0 Å². The maximum atomic E-state index is 4.67. The average Bonchev–Trinajstić information content (AvgIpc) is 3.29. The number of hydrogen-bond donors (Lipinski definition) is 2. The average molecular weight is 372 g/mol. The largest absolute Gasteiger partial charge is 0.356 e. The van der Waals surface area contributed by atoms with Gasteiger partial charge in [0.1, 0.15) is 12.2 Å². The summed E-state index contributed by atoms with van der Waals surface area (Å²) >= 11 is 1.78. The number of aliphatic imine (C=N–C) groups is 1. The number of thiazole rings is 1. The number of para-hydroxylation sites is 1. The number of rotatable bonds is 8. The van der Waals surface area contributed by atoms with E-state index < -0.39 is 0 Å². The summed E-state index contributed by atoms with van der Waals surface area (Å²) in [5.41, 5.74) is 1.10. The fourth-order valence-electron chi connectivity index (χ4n) is 2.73. The molecule has 26 heavy (non-hydrogen) atoms. The first-order chi connectivity index (χ1) is 12.8. The highest BCUT2D eigenvalue weighted by atomic mass is 32.1. The molecule has 3 rings (SSSR count). The van der Waals surface area contributed by atoms with E-state index in [4.69, 9.17) is 0 Å². The van der Waals surface area contributed by atoms with E-state index in [2.05, 4.69) is 60.5 Å². The zero-order valence-electron chi connectivity index (χ0n) is 15.3. The van der Waals surface area contributed by atoms with Crippen LogP contribution in [0.2, 0.25) is 0 Å². The van der Waals surface area contributed by atoms with Crippen molar-refractivity contribution in [1.82, 2.24) is 30.4 Å². The van der Waals surface area contributed by atoms with E-state index in [1.807, 2.05) is 6.07 Å². The smallest absolute Gasteiger partial charge is 0.191 e. The van der Waals surface area contributed by atoms with E-state index in [-0.39, 0.29) is 0 Å². The molecular formula is C18H25N7S. The van der Waals surface area contributed by atoms with Gasteiger partial charge in [-0.3, -0.25) is 4.99 Å². The number of benzene rings is 1. The topological polar surface area (TPSA) is 80.0 Å². The Balaban J connectivity index is 1.37. The molecule has 0 amide bonds. The Morgan fingerprint density at radius 2 is 2.08 bits per heavy atom. The predicted molar refractivity (Wildman–Crippen MR) is 107 cm³/mol. The molecule has 2 heterocycles. The van der Waals surface area contributed by atoms with Gasteiger partial charge in [0.15, 0.2) is 5.96 Å². The highest BCUT2D eigenvalue weighted by Gasteiger charge is 2.04. The van der Waals surface area contributed by atoms with Crippen LogP contribution in [0.25, 0.3) is 10.2 Å². The van der Waals surface area contributed by atoms with Gasteiger partial charge in [-0.1, -0.05) is 19.1 Å². The number of fused-ring (bicyclic) bond motifs is 1. The summed E-state index contributed by atoms with van der Waals surface area (Å²) < 4.78 is 3.32. The van der Waals surface area contributed by atoms with Crippen LogP contribution < -0.4 is 10.6 Å². The van der Waals surface area contributed by atoms with Gasteiger partial charge < -0.3 is 15.2 Å². The van der Waals surface area contributed by atoms with Crippen LogP contribution in [0.15, 0.2) is 35.6 Å². The molecule has 2 N–H and O–H groups in total. The Morgan fingerprint density at radius 3 is 2.88 bits per heavy atom. The second-order valence-corrected chi connectivity index (χ2v) is 7.01. The van der Waals surface area contributed by atoms with Gasteiger partial charge in [-0.25, -0.2) is 4.98 Å². The monoisotopic (exact) mass is 371 g/mol. The van der Waals surface area contributed by atoms with Gasteiger partial charge in [-0.05, 0) is 18.6 Å². The number of aryl methyl sites for hydroxylation is 2. The molecule has 0 aliphatic heterocycles. The van der Waals surface area contributed by atoms with Crippen molar-refractivity contribution in [2.45, 2.75) is 32.7 Å². The molecule has 2 aromatic heterocycles. The first-order valence-electron chi connectivity index (χ1n) is 8.95. The number of aromatic nitrogens is 4. The maximum absolute atomic E-state index is 4.67. The third-order valence-electron chi connectivity index (χ3n) is 4.08. The zero-order chi connectivity index (χ0) is 18.2. The van der Waals surface area contributed by atoms with Gasteiger partial charge in [-0.2, -0.15) is 0 Å². The third kappa shape index (κ3) is 4.78. The van der Waals surface area contributed by atoms with Crippen molar-refractivity contribution in [3.8, 4) is 0 Å². The molecule has 0 saturated heterocycles. The summed E-state index contributed by atoms with van der Waals surface area (Å²) in [5, 5.41) is 15.9. The quantitative estimate of drug-likeness (QED) is 0.361. The van der Waals surface area contributed by atoms with Gasteiger partial charge in [0.25, 0.3) is 0 Å². The minimum absolute atomic E-state index is 0.780. The minimum Gasteiger partial charge on any atom is -0.356 e. The Kier molecular flexibility index (Phi) is 6.54. The van der Waals surface area contributed by atoms with Crippen molar-refractivity contribution >= 4 is 27.5 Å². The lowest BCUT2D eigenvalue weighted by Gasteiger charge is -2.12. The number of nitrogens with one attached hydrogen (secondary N) is 2. The highest BCUT2D eigenvalue weighted by Crippen LogP contribution is 2.22. The number of nitrogens with zero attached hydrogens (tertiary/aromatic N) is 5. The van der Waals surface area contributed by atoms with Crippen molar-refractivity contribution in [3.05, 3.63) is 41.4 Å². The molecule has 0 aliphatic carbocycles. The fraction of sp³-hybridized carbons (Fsp3) is 0.444. The fourth-order valence-corrected chi connectivity index (χ4v) is 3.74. The normalized spacial score (nSPS) is 11.8. The second kappa shape index (κ2) is 9.28. The first kappa shape index (κ1) is 18.3. The van der Waals surface area contributed by atoms with Crippen LogP contribution in [0, 0.1) is 0 Å².